The van der Waals surface area contributed by atoms with E-state index in [9.17, 15) is 9.59 Å². The van der Waals surface area contributed by atoms with E-state index in [1.807, 2.05) is 30.5 Å². The van der Waals surface area contributed by atoms with Crippen LogP contribution in [0.3, 0.4) is 0 Å². The molecule has 0 aliphatic carbocycles. The van der Waals surface area contributed by atoms with Crippen LogP contribution in [0, 0.1) is 5.92 Å². The van der Waals surface area contributed by atoms with Gasteiger partial charge < -0.3 is 21.1 Å². The topological polar surface area (TPSA) is 108 Å². The molecule has 0 aliphatic heterocycles. The minimum absolute atomic E-state index is 0.207. The van der Waals surface area contributed by atoms with E-state index in [0.29, 0.717) is 6.42 Å². The Kier molecular flexibility index (Phi) is 4.82. The Labute approximate surface area is 128 Å². The summed E-state index contributed by atoms with van der Waals surface area (Å²) in [5.41, 5.74) is 7.85. The third-order valence-corrected chi connectivity index (χ3v) is 3.68. The second-order valence-electron chi connectivity index (χ2n) is 5.74. The molecule has 0 aliphatic rings. The Morgan fingerprint density at radius 1 is 1.32 bits per heavy atom. The third kappa shape index (κ3) is 3.46. The van der Waals surface area contributed by atoms with Gasteiger partial charge in [0.2, 0.25) is 5.91 Å². The van der Waals surface area contributed by atoms with Crippen LogP contribution in [0.5, 0.6) is 0 Å². The zero-order chi connectivity index (χ0) is 16.3. The zero-order valence-electron chi connectivity index (χ0n) is 12.7. The molecule has 0 bridgehead atoms. The van der Waals surface area contributed by atoms with Crippen LogP contribution >= 0.6 is 0 Å². The van der Waals surface area contributed by atoms with Crippen molar-refractivity contribution >= 4 is 22.8 Å². The lowest BCUT2D eigenvalue weighted by molar-refractivity contribution is -0.143. The molecule has 0 spiro atoms. The summed E-state index contributed by atoms with van der Waals surface area (Å²) < 4.78 is 0. The molecule has 6 nitrogen and oxygen atoms in total. The van der Waals surface area contributed by atoms with E-state index in [2.05, 4.69) is 10.3 Å². The number of carbonyl (C=O) groups excluding carboxylic acids is 1. The first-order valence-corrected chi connectivity index (χ1v) is 7.24. The fraction of sp³-hybridized carbons (Fsp3) is 0.375. The molecule has 1 amide bonds. The van der Waals surface area contributed by atoms with E-state index >= 15 is 0 Å². The fourth-order valence-electron chi connectivity index (χ4n) is 2.40. The van der Waals surface area contributed by atoms with Crippen molar-refractivity contribution < 1.29 is 14.7 Å². The number of carboxylic acid groups (broad SMARTS) is 1. The highest BCUT2D eigenvalue weighted by atomic mass is 16.4. The number of rotatable bonds is 6. The first-order chi connectivity index (χ1) is 10.4. The van der Waals surface area contributed by atoms with Crippen molar-refractivity contribution in [3.05, 3.63) is 36.0 Å². The van der Waals surface area contributed by atoms with Crippen molar-refractivity contribution in [2.45, 2.75) is 32.4 Å². The summed E-state index contributed by atoms with van der Waals surface area (Å²) in [5, 5.41) is 12.6. The van der Waals surface area contributed by atoms with Crippen molar-refractivity contribution in [1.82, 2.24) is 10.3 Å². The number of fused-ring (bicyclic) bond motifs is 1. The van der Waals surface area contributed by atoms with Crippen molar-refractivity contribution in [3.63, 3.8) is 0 Å². The van der Waals surface area contributed by atoms with Gasteiger partial charge in [-0.1, -0.05) is 32.0 Å². The summed E-state index contributed by atoms with van der Waals surface area (Å²) in [6.45, 7) is 3.48. The Balaban J connectivity index is 2.06. The van der Waals surface area contributed by atoms with Crippen LogP contribution in [0.1, 0.15) is 19.4 Å². The number of para-hydroxylation sites is 1. The lowest BCUT2D eigenvalue weighted by atomic mass is 10.0. The summed E-state index contributed by atoms with van der Waals surface area (Å²) in [4.78, 5) is 26.4. The number of carbonyl (C=O) groups is 2. The van der Waals surface area contributed by atoms with Gasteiger partial charge in [0.05, 0.1) is 6.04 Å². The number of aliphatic carboxylic acids is 1. The average molecular weight is 303 g/mol. The lowest BCUT2D eigenvalue weighted by Gasteiger charge is -2.20. The Morgan fingerprint density at radius 3 is 2.64 bits per heavy atom. The highest BCUT2D eigenvalue weighted by Crippen LogP contribution is 2.18. The summed E-state index contributed by atoms with van der Waals surface area (Å²) >= 11 is 0. The molecule has 6 heteroatoms. The summed E-state index contributed by atoms with van der Waals surface area (Å²) in [7, 11) is 0. The highest BCUT2D eigenvalue weighted by Gasteiger charge is 2.26. The van der Waals surface area contributed by atoms with Gasteiger partial charge >= 0.3 is 5.97 Å². The standard InChI is InChI=1S/C16H21N3O3/c1-9(2)14(16(21)22)19-15(20)12(17)7-10-8-18-13-6-4-3-5-11(10)13/h3-6,8-9,12,14,18H,7,17H2,1-2H3,(H,19,20)(H,21,22)/t12-,14+/m0/s1. The predicted octanol–water partition coefficient (Wildman–Crippen LogP) is 1.26. The first-order valence-electron chi connectivity index (χ1n) is 7.24. The van der Waals surface area contributed by atoms with Gasteiger partial charge in [-0.25, -0.2) is 4.79 Å². The number of nitrogens with one attached hydrogen (secondary N) is 2. The molecule has 0 saturated carbocycles. The molecule has 22 heavy (non-hydrogen) atoms. The Bertz CT molecular complexity index is 678. The van der Waals surface area contributed by atoms with Crippen LogP contribution in [0.15, 0.2) is 30.5 Å². The summed E-state index contributed by atoms with van der Waals surface area (Å²) in [6, 6.07) is 6.03. The van der Waals surface area contributed by atoms with E-state index < -0.39 is 24.0 Å². The molecule has 2 rings (SSSR count). The number of aromatic amines is 1. The number of hydrogen-bond donors (Lipinski definition) is 4. The number of aromatic nitrogens is 1. The van der Waals surface area contributed by atoms with E-state index in [0.717, 1.165) is 16.5 Å². The number of H-pyrrole nitrogens is 1. The largest absolute Gasteiger partial charge is 0.480 e. The molecule has 118 valence electrons. The maximum Gasteiger partial charge on any atom is 0.326 e. The minimum Gasteiger partial charge on any atom is -0.480 e. The van der Waals surface area contributed by atoms with Crippen LogP contribution in [0.25, 0.3) is 10.9 Å². The fourth-order valence-corrected chi connectivity index (χ4v) is 2.40. The molecule has 0 fully saturated rings. The predicted molar refractivity (Wildman–Crippen MR) is 84.4 cm³/mol. The van der Waals surface area contributed by atoms with Crippen LogP contribution < -0.4 is 11.1 Å². The maximum absolute atomic E-state index is 12.1. The van der Waals surface area contributed by atoms with E-state index in [-0.39, 0.29) is 5.92 Å². The number of hydrogen-bond acceptors (Lipinski definition) is 3. The van der Waals surface area contributed by atoms with E-state index in [4.69, 9.17) is 10.8 Å². The minimum atomic E-state index is -1.05. The average Bonchev–Trinajstić information content (AvgIpc) is 2.87. The van der Waals surface area contributed by atoms with Gasteiger partial charge in [0.25, 0.3) is 0 Å². The number of benzene rings is 1. The van der Waals surface area contributed by atoms with E-state index in [1.54, 1.807) is 13.8 Å². The van der Waals surface area contributed by atoms with Gasteiger partial charge in [0.1, 0.15) is 6.04 Å². The molecule has 1 aromatic carbocycles. The normalized spacial score (nSPS) is 14.0. The zero-order valence-corrected chi connectivity index (χ0v) is 12.7. The molecule has 5 N–H and O–H groups in total. The van der Waals surface area contributed by atoms with Gasteiger partial charge in [0, 0.05) is 17.1 Å². The van der Waals surface area contributed by atoms with Crippen molar-refractivity contribution in [2.75, 3.05) is 0 Å². The SMILES string of the molecule is CC(C)[C@@H](NC(=O)[C@@H](N)Cc1c[nH]c2ccccc12)C(=O)O. The van der Waals surface area contributed by atoms with Crippen molar-refractivity contribution in [1.29, 1.82) is 0 Å². The number of carboxylic acids is 1. The van der Waals surface area contributed by atoms with Crippen molar-refractivity contribution in [2.24, 2.45) is 11.7 Å². The third-order valence-electron chi connectivity index (χ3n) is 3.68. The Hall–Kier alpha value is -2.34. The van der Waals surface area contributed by atoms with Gasteiger partial charge in [-0.15, -0.1) is 0 Å². The smallest absolute Gasteiger partial charge is 0.326 e. The van der Waals surface area contributed by atoms with E-state index in [1.165, 1.54) is 0 Å². The quantitative estimate of drug-likeness (QED) is 0.644. The maximum atomic E-state index is 12.1. The summed E-state index contributed by atoms with van der Waals surface area (Å²) in [6.07, 6.45) is 2.18. The van der Waals surface area contributed by atoms with Crippen molar-refractivity contribution in [3.8, 4) is 0 Å². The van der Waals surface area contributed by atoms with Gasteiger partial charge in [-0.05, 0) is 24.0 Å². The second kappa shape index (κ2) is 6.62. The molecule has 2 aromatic rings. The molecule has 0 radical (unpaired) electrons. The molecule has 2 atom stereocenters. The molecular weight excluding hydrogens is 282 g/mol. The van der Waals surface area contributed by atoms with Gasteiger partial charge in [-0.3, -0.25) is 4.79 Å². The monoisotopic (exact) mass is 303 g/mol. The summed E-state index contributed by atoms with van der Waals surface area (Å²) in [5.74, 6) is -1.71. The van der Waals surface area contributed by atoms with Gasteiger partial charge in [-0.2, -0.15) is 0 Å². The highest BCUT2D eigenvalue weighted by molar-refractivity contribution is 5.88. The molecular formula is C16H21N3O3. The van der Waals surface area contributed by atoms with Crippen LogP contribution in [0.2, 0.25) is 0 Å². The number of amides is 1. The van der Waals surface area contributed by atoms with Crippen LogP contribution in [0.4, 0.5) is 0 Å². The molecule has 1 aromatic heterocycles. The van der Waals surface area contributed by atoms with Crippen LogP contribution in [-0.2, 0) is 16.0 Å². The van der Waals surface area contributed by atoms with Crippen LogP contribution in [-0.4, -0.2) is 34.1 Å². The Morgan fingerprint density at radius 2 is 2.00 bits per heavy atom. The second-order valence-corrected chi connectivity index (χ2v) is 5.74. The number of nitrogens with two attached hydrogens (primary N) is 1. The molecule has 0 unspecified atom stereocenters. The lowest BCUT2D eigenvalue weighted by Crippen LogP contribution is -2.51. The molecule has 1 heterocycles. The first kappa shape index (κ1) is 16.0. The van der Waals surface area contributed by atoms with Gasteiger partial charge in [0.15, 0.2) is 0 Å². The molecule has 0 saturated heterocycles.